The SMILES string of the molecule is CC(C)(O)C1CCC(C)(C2[C@@H](O)C[C@@]3(C)C4C[C@H](O[C@@H]5O[C@H](CO)[C@@H](O)[C@H](O)[C@H]5O)C5C(C)(C)C(O[C@@H]6OC[C@@H](O)[C@H](O)[C@H]6O[C@@H]6O[C@H](CO)[C@@H](O)[C@H](O)[C@H]6O)CCC56CC46CC[C@]23C)O1. The van der Waals surface area contributed by atoms with Gasteiger partial charge in [0, 0.05) is 5.92 Å². The summed E-state index contributed by atoms with van der Waals surface area (Å²) in [6.07, 6.45) is -17.6. The molecule has 19 nitrogen and oxygen atoms in total. The minimum absolute atomic E-state index is 0.0208. The van der Waals surface area contributed by atoms with Crippen LogP contribution in [0.5, 0.6) is 0 Å². The second kappa shape index (κ2) is 16.9. The van der Waals surface area contributed by atoms with E-state index in [1.54, 1.807) is 13.8 Å². The van der Waals surface area contributed by atoms with E-state index >= 15 is 0 Å². The minimum atomic E-state index is -1.80. The van der Waals surface area contributed by atoms with E-state index < -0.39 is 140 Å². The summed E-state index contributed by atoms with van der Waals surface area (Å²) < 4.78 is 44.3. The van der Waals surface area contributed by atoms with Crippen LogP contribution >= 0.6 is 0 Å². The Kier molecular flexibility index (Phi) is 12.9. The van der Waals surface area contributed by atoms with Crippen LogP contribution in [0.3, 0.4) is 0 Å². The van der Waals surface area contributed by atoms with E-state index in [0.29, 0.717) is 38.5 Å². The lowest BCUT2D eigenvalue weighted by Gasteiger charge is -2.65. The van der Waals surface area contributed by atoms with Crippen molar-refractivity contribution in [1.82, 2.24) is 0 Å². The molecule has 9 rings (SSSR count). The molecule has 0 amide bonds. The molecule has 0 bridgehead atoms. The lowest BCUT2D eigenvalue weighted by atomic mass is 9.41. The van der Waals surface area contributed by atoms with E-state index in [1.807, 2.05) is 0 Å². The fraction of sp³-hybridized carbons (Fsp3) is 1.00. The fourth-order valence-corrected chi connectivity index (χ4v) is 16.3. The molecule has 66 heavy (non-hydrogen) atoms. The molecule has 26 atom stereocenters. The fourth-order valence-electron chi connectivity index (χ4n) is 16.3. The van der Waals surface area contributed by atoms with Crippen LogP contribution in [0.25, 0.3) is 0 Å². The quantitative estimate of drug-likeness (QED) is 0.112. The standard InChI is InChI=1S/C47H78O19/c1-41(2)26(64-40-35(28(52)21(51)18-60-40)65-39-34(58)32(56)30(54)24(17-49)63-39)9-11-47-19-46(47)13-12-43(5)36(45(7)10-8-27(66-45)42(3,4)59)20(50)15-44(43,6)25(46)14-22(37(41)47)61-38-33(57)31(55)29(53)23(16-48)62-38/h20-40,48-59H,8-19H2,1-7H3/t20-,21+,22-,23+,24+,25?,26?,27?,28-,29+,30+,31-,32-,33+,34+,35+,36?,37?,38+,39-,40-,43+,44-,45?,46?,47?/m0/s1. The Balaban J connectivity index is 1.04. The Morgan fingerprint density at radius 3 is 1.79 bits per heavy atom. The zero-order valence-electron chi connectivity index (χ0n) is 39.3. The monoisotopic (exact) mass is 947 g/mol. The van der Waals surface area contributed by atoms with Gasteiger partial charge < -0.3 is 94.4 Å². The molecule has 5 aliphatic carbocycles. The van der Waals surface area contributed by atoms with Crippen LogP contribution in [-0.2, 0) is 33.2 Å². The first-order valence-corrected chi connectivity index (χ1v) is 24.4. The molecular weight excluding hydrogens is 868 g/mol. The van der Waals surface area contributed by atoms with Crippen molar-refractivity contribution in [3.63, 3.8) is 0 Å². The third-order valence-electron chi connectivity index (χ3n) is 19.7. The molecule has 0 aromatic rings. The second-order valence-corrected chi connectivity index (χ2v) is 23.9. The molecule has 9 aliphatic rings. The maximum absolute atomic E-state index is 12.3. The summed E-state index contributed by atoms with van der Waals surface area (Å²) in [5, 5.41) is 130. The second-order valence-electron chi connectivity index (χ2n) is 23.9. The Hall–Kier alpha value is -0.760. The van der Waals surface area contributed by atoms with E-state index in [9.17, 15) is 61.3 Å². The van der Waals surface area contributed by atoms with Gasteiger partial charge >= 0.3 is 0 Å². The summed E-state index contributed by atoms with van der Waals surface area (Å²) in [5.74, 6) is -0.484. The Bertz CT molecular complexity index is 1760. The number of hydrogen-bond donors (Lipinski definition) is 12. The largest absolute Gasteiger partial charge is 0.394 e. The summed E-state index contributed by atoms with van der Waals surface area (Å²) in [5.41, 5.74) is -3.78. The van der Waals surface area contributed by atoms with Gasteiger partial charge in [-0.05, 0) is 117 Å². The highest BCUT2D eigenvalue weighted by Crippen LogP contribution is 2.89. The smallest absolute Gasteiger partial charge is 0.187 e. The summed E-state index contributed by atoms with van der Waals surface area (Å²) in [6.45, 7) is 12.7. The average molecular weight is 947 g/mol. The van der Waals surface area contributed by atoms with Gasteiger partial charge in [0.1, 0.15) is 67.1 Å². The van der Waals surface area contributed by atoms with Crippen molar-refractivity contribution in [2.75, 3.05) is 19.8 Å². The van der Waals surface area contributed by atoms with Crippen molar-refractivity contribution in [3.8, 4) is 0 Å². The molecule has 0 aromatic heterocycles. The van der Waals surface area contributed by atoms with Crippen LogP contribution in [-0.4, -0.2) is 203 Å². The zero-order chi connectivity index (χ0) is 48.1. The molecule has 380 valence electrons. The number of aliphatic hydroxyl groups is 12. The van der Waals surface area contributed by atoms with Gasteiger partial charge in [-0.1, -0.05) is 27.7 Å². The Morgan fingerprint density at radius 2 is 1.21 bits per heavy atom. The third kappa shape index (κ3) is 7.30. The minimum Gasteiger partial charge on any atom is -0.394 e. The molecule has 5 saturated carbocycles. The van der Waals surface area contributed by atoms with Crippen LogP contribution in [0.4, 0.5) is 0 Å². The molecule has 4 saturated heterocycles. The molecule has 4 heterocycles. The summed E-state index contributed by atoms with van der Waals surface area (Å²) in [4.78, 5) is 0. The van der Waals surface area contributed by atoms with Gasteiger partial charge in [0.05, 0.1) is 55.4 Å². The molecule has 9 fully saturated rings. The predicted octanol–water partition coefficient (Wildman–Crippen LogP) is -1.45. The Labute approximate surface area is 386 Å². The first-order chi connectivity index (χ1) is 30.7. The normalized spacial score (nSPS) is 58.0. The number of hydrogen-bond acceptors (Lipinski definition) is 19. The number of fused-ring (bicyclic) bond motifs is 2. The van der Waals surface area contributed by atoms with Crippen molar-refractivity contribution in [3.05, 3.63) is 0 Å². The highest BCUT2D eigenvalue weighted by molar-refractivity contribution is 5.33. The molecule has 8 unspecified atom stereocenters. The van der Waals surface area contributed by atoms with Crippen molar-refractivity contribution in [1.29, 1.82) is 0 Å². The lowest BCUT2D eigenvalue weighted by molar-refractivity contribution is -0.369. The van der Waals surface area contributed by atoms with Crippen LogP contribution in [0.2, 0.25) is 0 Å². The van der Waals surface area contributed by atoms with Gasteiger partial charge in [-0.3, -0.25) is 0 Å². The molecule has 2 spiro atoms. The molecular formula is C47H78O19. The van der Waals surface area contributed by atoms with E-state index in [2.05, 4.69) is 34.6 Å². The lowest BCUT2D eigenvalue weighted by Crippen LogP contribution is -2.66. The highest BCUT2D eigenvalue weighted by atomic mass is 16.8. The molecule has 4 aliphatic heterocycles. The van der Waals surface area contributed by atoms with Gasteiger partial charge in [0.2, 0.25) is 0 Å². The van der Waals surface area contributed by atoms with Gasteiger partial charge in [-0.25, -0.2) is 0 Å². The molecule has 0 radical (unpaired) electrons. The molecule has 19 heteroatoms. The predicted molar refractivity (Wildman–Crippen MR) is 226 cm³/mol. The highest BCUT2D eigenvalue weighted by Gasteiger charge is 2.85. The van der Waals surface area contributed by atoms with Gasteiger partial charge in [0.25, 0.3) is 0 Å². The summed E-state index contributed by atoms with van der Waals surface area (Å²) >= 11 is 0. The number of aliphatic hydroxyl groups excluding tert-OH is 11. The zero-order valence-corrected chi connectivity index (χ0v) is 39.3. The number of rotatable bonds is 10. The maximum Gasteiger partial charge on any atom is 0.187 e. The van der Waals surface area contributed by atoms with E-state index in [1.165, 1.54) is 0 Å². The molecule has 0 aromatic carbocycles. The van der Waals surface area contributed by atoms with E-state index in [-0.39, 0.29) is 46.7 Å². The molecule has 12 N–H and O–H groups in total. The van der Waals surface area contributed by atoms with Gasteiger partial charge in [-0.2, -0.15) is 0 Å². The van der Waals surface area contributed by atoms with Crippen LogP contribution in [0, 0.1) is 44.8 Å². The Morgan fingerprint density at radius 1 is 0.606 bits per heavy atom. The van der Waals surface area contributed by atoms with Crippen molar-refractivity contribution in [2.24, 2.45) is 44.8 Å². The van der Waals surface area contributed by atoms with E-state index in [4.69, 9.17) is 33.2 Å². The summed E-state index contributed by atoms with van der Waals surface area (Å²) in [7, 11) is 0. The van der Waals surface area contributed by atoms with Crippen molar-refractivity contribution >= 4 is 0 Å². The number of ether oxygens (including phenoxy) is 7. The van der Waals surface area contributed by atoms with Gasteiger partial charge in [-0.15, -0.1) is 0 Å². The topological polar surface area (TPSA) is 307 Å². The van der Waals surface area contributed by atoms with Crippen molar-refractivity contribution in [2.45, 2.75) is 228 Å². The first-order valence-electron chi connectivity index (χ1n) is 24.4. The van der Waals surface area contributed by atoms with Gasteiger partial charge in [0.15, 0.2) is 18.9 Å². The van der Waals surface area contributed by atoms with E-state index in [0.717, 1.165) is 19.3 Å². The third-order valence-corrected chi connectivity index (χ3v) is 19.7. The van der Waals surface area contributed by atoms with Crippen LogP contribution in [0.1, 0.15) is 106 Å². The average Bonchev–Trinajstić information content (AvgIpc) is 3.62. The van der Waals surface area contributed by atoms with Crippen LogP contribution in [0.15, 0.2) is 0 Å². The maximum atomic E-state index is 12.3. The first kappa shape index (κ1) is 50.2. The summed E-state index contributed by atoms with van der Waals surface area (Å²) in [6, 6.07) is 0. The van der Waals surface area contributed by atoms with Crippen LogP contribution < -0.4 is 0 Å². The van der Waals surface area contributed by atoms with Crippen molar-refractivity contribution < 1.29 is 94.4 Å².